The van der Waals surface area contributed by atoms with Gasteiger partial charge in [-0.25, -0.2) is 4.79 Å². The third kappa shape index (κ3) is 1.46. The second-order valence-electron chi connectivity index (χ2n) is 4.75. The minimum atomic E-state index is -0.310. The Morgan fingerprint density at radius 3 is 2.74 bits per heavy atom. The number of aldehydes is 1. The van der Waals surface area contributed by atoms with Crippen molar-refractivity contribution in [2.45, 2.75) is 20.0 Å². The fourth-order valence-electron chi connectivity index (χ4n) is 2.60. The van der Waals surface area contributed by atoms with Crippen LogP contribution in [0.15, 0.2) is 16.9 Å². The number of rotatable bonds is 2. The molecule has 1 aliphatic rings. The highest BCUT2D eigenvalue weighted by Crippen LogP contribution is 2.30. The molecule has 0 saturated heterocycles. The molecule has 6 nitrogen and oxygen atoms in total. The van der Waals surface area contributed by atoms with Gasteiger partial charge in [0, 0.05) is 7.05 Å². The van der Waals surface area contributed by atoms with Gasteiger partial charge in [0.05, 0.1) is 23.3 Å². The van der Waals surface area contributed by atoms with Crippen molar-refractivity contribution in [2.24, 2.45) is 0 Å². The summed E-state index contributed by atoms with van der Waals surface area (Å²) in [5.74, 6) is -0.134. The van der Waals surface area contributed by atoms with Crippen molar-refractivity contribution in [3.05, 3.63) is 28.2 Å². The first-order chi connectivity index (χ1) is 9.04. The molecule has 0 bridgehead atoms. The molecule has 2 heterocycles. The molecular weight excluding hydrogens is 246 g/mol. The summed E-state index contributed by atoms with van der Waals surface area (Å²) in [5, 5.41) is 0. The number of hydrogen-bond donors (Lipinski definition) is 0. The van der Waals surface area contributed by atoms with Gasteiger partial charge in [-0.15, -0.1) is 0 Å². The molecule has 1 amide bonds. The van der Waals surface area contributed by atoms with Gasteiger partial charge in [0.25, 0.3) is 0 Å². The minimum absolute atomic E-state index is 0.00311. The Bertz CT molecular complexity index is 770. The van der Waals surface area contributed by atoms with Crippen LogP contribution in [-0.2, 0) is 22.7 Å². The summed E-state index contributed by atoms with van der Waals surface area (Å²) in [7, 11) is 1.70. The molecule has 0 fully saturated rings. The maximum Gasteiger partial charge on any atom is 0.330 e. The molecule has 0 N–H and O–H groups in total. The average Bonchev–Trinajstić information content (AvgIpc) is 2.62. The second kappa shape index (κ2) is 3.81. The zero-order valence-electron chi connectivity index (χ0n) is 10.7. The number of aromatic nitrogens is 2. The number of likely N-dealkylation sites (N-methyl/N-ethyl adjacent to an activating group) is 1. The van der Waals surface area contributed by atoms with Crippen molar-refractivity contribution < 1.29 is 9.59 Å². The molecule has 0 aliphatic carbocycles. The van der Waals surface area contributed by atoms with Gasteiger partial charge in [0.1, 0.15) is 12.8 Å². The number of carbonyl (C=O) groups excluding carboxylic acids is 2. The average molecular weight is 259 g/mol. The maximum atomic E-state index is 12.3. The van der Waals surface area contributed by atoms with E-state index in [1.165, 1.54) is 9.13 Å². The standard InChI is InChI=1S/C13H13N3O3/c1-8-5-9-12-10(6-8)15(3-4-17)13(19)16(12)7-11(18)14(9)2/h4-6H,3,7H2,1-2H3. The first-order valence-electron chi connectivity index (χ1n) is 5.98. The second-order valence-corrected chi connectivity index (χ2v) is 4.75. The molecular formula is C13H13N3O3. The molecule has 1 aliphatic heterocycles. The Morgan fingerprint density at radius 2 is 2.05 bits per heavy atom. The molecule has 0 saturated carbocycles. The minimum Gasteiger partial charge on any atom is -0.312 e. The molecule has 98 valence electrons. The topological polar surface area (TPSA) is 64.3 Å². The SMILES string of the molecule is Cc1cc2c3c(c1)n(CC=O)c(=O)n3CC(=O)N2C. The van der Waals surface area contributed by atoms with E-state index in [1.807, 2.05) is 19.1 Å². The Balaban J connectivity index is 2.49. The van der Waals surface area contributed by atoms with E-state index in [0.717, 1.165) is 11.1 Å². The number of benzene rings is 1. The van der Waals surface area contributed by atoms with Crippen molar-refractivity contribution in [3.8, 4) is 0 Å². The zero-order valence-corrected chi connectivity index (χ0v) is 10.7. The van der Waals surface area contributed by atoms with E-state index < -0.39 is 0 Å². The summed E-state index contributed by atoms with van der Waals surface area (Å²) in [6.45, 7) is 1.92. The van der Waals surface area contributed by atoms with Gasteiger partial charge in [-0.3, -0.25) is 13.9 Å². The zero-order chi connectivity index (χ0) is 13.7. The van der Waals surface area contributed by atoms with E-state index in [2.05, 4.69) is 0 Å². The smallest absolute Gasteiger partial charge is 0.312 e. The van der Waals surface area contributed by atoms with Crippen LogP contribution in [0, 0.1) is 6.92 Å². The number of nitrogens with zero attached hydrogens (tertiary/aromatic N) is 3. The van der Waals surface area contributed by atoms with Gasteiger partial charge in [-0.05, 0) is 24.6 Å². The largest absolute Gasteiger partial charge is 0.330 e. The van der Waals surface area contributed by atoms with Crippen LogP contribution in [-0.4, -0.2) is 28.4 Å². The highest BCUT2D eigenvalue weighted by Gasteiger charge is 2.27. The molecule has 0 atom stereocenters. The summed E-state index contributed by atoms with van der Waals surface area (Å²) in [5.41, 5.74) is 2.77. The fourth-order valence-corrected chi connectivity index (χ4v) is 2.60. The number of amides is 1. The predicted octanol–water partition coefficient (Wildman–Crippen LogP) is 0.287. The molecule has 0 unspecified atom stereocenters. The van der Waals surface area contributed by atoms with Crippen molar-refractivity contribution in [2.75, 3.05) is 11.9 Å². The van der Waals surface area contributed by atoms with Crippen molar-refractivity contribution in [3.63, 3.8) is 0 Å². The van der Waals surface area contributed by atoms with Gasteiger partial charge in [0.2, 0.25) is 5.91 Å². The fraction of sp³-hybridized carbons (Fsp3) is 0.308. The van der Waals surface area contributed by atoms with Gasteiger partial charge in [-0.1, -0.05) is 0 Å². The van der Waals surface area contributed by atoms with Crippen LogP contribution in [0.2, 0.25) is 0 Å². The van der Waals surface area contributed by atoms with E-state index in [4.69, 9.17) is 0 Å². The lowest BCUT2D eigenvalue weighted by Crippen LogP contribution is -2.38. The highest BCUT2D eigenvalue weighted by molar-refractivity contribution is 6.05. The molecule has 0 radical (unpaired) electrons. The number of carbonyl (C=O) groups is 2. The van der Waals surface area contributed by atoms with Crippen LogP contribution in [0.3, 0.4) is 0 Å². The van der Waals surface area contributed by atoms with E-state index in [-0.39, 0.29) is 24.7 Å². The van der Waals surface area contributed by atoms with E-state index in [9.17, 15) is 14.4 Å². The first kappa shape index (κ1) is 11.7. The summed E-state index contributed by atoms with van der Waals surface area (Å²) in [6, 6.07) is 3.74. The molecule has 2 aromatic rings. The lowest BCUT2D eigenvalue weighted by molar-refractivity contribution is -0.119. The maximum absolute atomic E-state index is 12.3. The van der Waals surface area contributed by atoms with Crippen LogP contribution in [0.4, 0.5) is 5.69 Å². The highest BCUT2D eigenvalue weighted by atomic mass is 16.2. The Hall–Kier alpha value is -2.37. The van der Waals surface area contributed by atoms with Crippen LogP contribution in [0.1, 0.15) is 5.56 Å². The molecule has 1 aromatic carbocycles. The van der Waals surface area contributed by atoms with Gasteiger partial charge >= 0.3 is 5.69 Å². The van der Waals surface area contributed by atoms with Crippen LogP contribution in [0.25, 0.3) is 11.0 Å². The quantitative estimate of drug-likeness (QED) is 0.728. The lowest BCUT2D eigenvalue weighted by atomic mass is 10.1. The Morgan fingerprint density at radius 1 is 1.32 bits per heavy atom. The molecule has 3 rings (SSSR count). The third-order valence-corrected chi connectivity index (χ3v) is 3.52. The van der Waals surface area contributed by atoms with Gasteiger partial charge in [0.15, 0.2) is 0 Å². The van der Waals surface area contributed by atoms with E-state index in [0.29, 0.717) is 17.5 Å². The van der Waals surface area contributed by atoms with E-state index in [1.54, 1.807) is 11.9 Å². The predicted molar refractivity (Wildman–Crippen MR) is 70.4 cm³/mol. The monoisotopic (exact) mass is 259 g/mol. The van der Waals surface area contributed by atoms with E-state index >= 15 is 0 Å². The molecule has 6 heteroatoms. The van der Waals surface area contributed by atoms with Crippen molar-refractivity contribution in [1.29, 1.82) is 0 Å². The number of anilines is 1. The summed E-state index contributed by atoms with van der Waals surface area (Å²) in [6.07, 6.45) is 0.691. The van der Waals surface area contributed by atoms with Crippen molar-refractivity contribution in [1.82, 2.24) is 9.13 Å². The van der Waals surface area contributed by atoms with Crippen LogP contribution in [0.5, 0.6) is 0 Å². The first-order valence-corrected chi connectivity index (χ1v) is 5.98. The summed E-state index contributed by atoms with van der Waals surface area (Å²) >= 11 is 0. The molecule has 19 heavy (non-hydrogen) atoms. The Labute approximate surface area is 108 Å². The van der Waals surface area contributed by atoms with Crippen LogP contribution >= 0.6 is 0 Å². The summed E-state index contributed by atoms with van der Waals surface area (Å²) < 4.78 is 2.85. The van der Waals surface area contributed by atoms with Crippen LogP contribution < -0.4 is 10.6 Å². The number of aryl methyl sites for hydroxylation is 1. The Kier molecular flexibility index (Phi) is 2.35. The molecule has 1 aromatic heterocycles. The lowest BCUT2D eigenvalue weighted by Gasteiger charge is -2.24. The van der Waals surface area contributed by atoms with Gasteiger partial charge < -0.3 is 9.69 Å². The number of hydrogen-bond acceptors (Lipinski definition) is 3. The number of imidazole rings is 1. The third-order valence-electron chi connectivity index (χ3n) is 3.52. The molecule has 0 spiro atoms. The normalized spacial score (nSPS) is 14.2. The van der Waals surface area contributed by atoms with Gasteiger partial charge in [-0.2, -0.15) is 0 Å². The van der Waals surface area contributed by atoms with Crippen molar-refractivity contribution >= 4 is 28.9 Å². The summed E-state index contributed by atoms with van der Waals surface area (Å²) in [4.78, 5) is 36.5.